The Bertz CT molecular complexity index is 669. The number of carbonyl (C=O) groups is 1. The van der Waals surface area contributed by atoms with Gasteiger partial charge in [-0.25, -0.2) is 14.2 Å². The molecule has 0 saturated heterocycles. The Balaban J connectivity index is 2.07. The van der Waals surface area contributed by atoms with Gasteiger partial charge in [-0.05, 0) is 19.8 Å². The Kier molecular flexibility index (Phi) is 4.74. The summed E-state index contributed by atoms with van der Waals surface area (Å²) in [7, 11) is 0. The molecule has 1 fully saturated rings. The molecule has 1 aromatic carbocycles. The van der Waals surface area contributed by atoms with E-state index in [1.54, 1.807) is 13.3 Å². The van der Waals surface area contributed by atoms with Crippen molar-refractivity contribution in [3.63, 3.8) is 0 Å². The van der Waals surface area contributed by atoms with Crippen LogP contribution >= 0.6 is 0 Å². The molecular weight excluding hydrogens is 295 g/mol. The molecule has 2 atom stereocenters. The van der Waals surface area contributed by atoms with Gasteiger partial charge in [0.2, 0.25) is 0 Å². The van der Waals surface area contributed by atoms with Crippen LogP contribution in [-0.4, -0.2) is 28.3 Å². The minimum Gasteiger partial charge on any atom is -0.461 e. The molecule has 23 heavy (non-hydrogen) atoms. The summed E-state index contributed by atoms with van der Waals surface area (Å²) >= 11 is 0. The van der Waals surface area contributed by atoms with E-state index in [0.29, 0.717) is 12.1 Å². The van der Waals surface area contributed by atoms with Crippen molar-refractivity contribution in [2.45, 2.75) is 44.8 Å². The molecule has 1 aliphatic carbocycles. The molecule has 0 amide bonds. The molecule has 0 unspecified atom stereocenters. The van der Waals surface area contributed by atoms with E-state index in [-0.39, 0.29) is 18.3 Å². The predicted octanol–water partition coefficient (Wildman–Crippen LogP) is 4.18. The fraction of sp³-hybridized carbons (Fsp3) is 0.444. The number of rotatable bonds is 4. The van der Waals surface area contributed by atoms with Crippen LogP contribution in [0.4, 0.5) is 4.39 Å². The average Bonchev–Trinajstić information content (AvgIpc) is 3.01. The zero-order valence-electron chi connectivity index (χ0n) is 13.2. The van der Waals surface area contributed by atoms with Gasteiger partial charge >= 0.3 is 5.97 Å². The molecule has 5 heteroatoms. The van der Waals surface area contributed by atoms with Gasteiger partial charge in [0.05, 0.1) is 24.7 Å². The van der Waals surface area contributed by atoms with Crippen LogP contribution in [0.25, 0.3) is 11.3 Å². The highest BCUT2D eigenvalue weighted by molar-refractivity contribution is 5.94. The lowest BCUT2D eigenvalue weighted by molar-refractivity contribution is 0.0520. The first-order valence-corrected chi connectivity index (χ1v) is 8.15. The second-order valence-corrected chi connectivity index (χ2v) is 5.80. The lowest BCUT2D eigenvalue weighted by Gasteiger charge is -2.28. The number of carbonyl (C=O) groups excluding carboxylic acids is 1. The zero-order chi connectivity index (χ0) is 16.2. The van der Waals surface area contributed by atoms with Crippen LogP contribution < -0.4 is 0 Å². The average molecular weight is 316 g/mol. The summed E-state index contributed by atoms with van der Waals surface area (Å²) in [5.41, 5.74) is 1.76. The van der Waals surface area contributed by atoms with Crippen molar-refractivity contribution in [3.05, 3.63) is 42.4 Å². The first-order valence-electron chi connectivity index (χ1n) is 8.15. The number of hydrogen-bond donors (Lipinski definition) is 0. The molecule has 0 N–H and O–H groups in total. The van der Waals surface area contributed by atoms with E-state index >= 15 is 0 Å². The first-order chi connectivity index (χ1) is 11.2. The number of aromatic nitrogens is 2. The van der Waals surface area contributed by atoms with Gasteiger partial charge in [-0.3, -0.25) is 0 Å². The second kappa shape index (κ2) is 6.94. The summed E-state index contributed by atoms with van der Waals surface area (Å²) < 4.78 is 21.4. The van der Waals surface area contributed by atoms with Gasteiger partial charge in [0.15, 0.2) is 5.69 Å². The largest absolute Gasteiger partial charge is 0.461 e. The number of halogens is 1. The normalized spacial score (nSPS) is 21.1. The lowest BCUT2D eigenvalue weighted by Crippen LogP contribution is -2.24. The van der Waals surface area contributed by atoms with Gasteiger partial charge in [-0.2, -0.15) is 0 Å². The molecule has 0 spiro atoms. The number of hydrogen-bond acceptors (Lipinski definition) is 3. The molecule has 1 heterocycles. The number of esters is 1. The SMILES string of the molecule is CCOC(=O)c1ncn([C@H]2CCCC[C@H]2F)c1-c1ccccc1. The molecule has 3 rings (SSSR count). The van der Waals surface area contributed by atoms with E-state index in [1.165, 1.54) is 0 Å². The van der Waals surface area contributed by atoms with Crippen LogP contribution in [0.2, 0.25) is 0 Å². The van der Waals surface area contributed by atoms with Crippen LogP contribution in [-0.2, 0) is 4.74 Å². The fourth-order valence-corrected chi connectivity index (χ4v) is 3.22. The molecule has 0 radical (unpaired) electrons. The fourth-order valence-electron chi connectivity index (χ4n) is 3.22. The van der Waals surface area contributed by atoms with Crippen molar-refractivity contribution in [1.82, 2.24) is 9.55 Å². The highest BCUT2D eigenvalue weighted by atomic mass is 19.1. The smallest absolute Gasteiger partial charge is 0.359 e. The lowest BCUT2D eigenvalue weighted by atomic mass is 9.93. The van der Waals surface area contributed by atoms with Crippen molar-refractivity contribution in [1.29, 1.82) is 0 Å². The Hall–Kier alpha value is -2.17. The minimum atomic E-state index is -0.907. The third-order valence-electron chi connectivity index (χ3n) is 4.31. The van der Waals surface area contributed by atoms with E-state index < -0.39 is 12.1 Å². The van der Waals surface area contributed by atoms with Gasteiger partial charge in [0, 0.05) is 5.56 Å². The minimum absolute atomic E-state index is 0.260. The maximum Gasteiger partial charge on any atom is 0.359 e. The third-order valence-corrected chi connectivity index (χ3v) is 4.31. The first kappa shape index (κ1) is 15.7. The van der Waals surface area contributed by atoms with Gasteiger partial charge in [0.1, 0.15) is 6.17 Å². The number of benzene rings is 1. The van der Waals surface area contributed by atoms with Crippen molar-refractivity contribution in [3.8, 4) is 11.3 Å². The Labute approximate surface area is 135 Å². The van der Waals surface area contributed by atoms with Gasteiger partial charge in [-0.1, -0.05) is 43.2 Å². The van der Waals surface area contributed by atoms with Crippen molar-refractivity contribution in [2.75, 3.05) is 6.61 Å². The molecule has 0 aliphatic heterocycles. The molecule has 1 saturated carbocycles. The molecule has 1 aliphatic rings. The van der Waals surface area contributed by atoms with Gasteiger partial charge in [-0.15, -0.1) is 0 Å². The van der Waals surface area contributed by atoms with E-state index in [0.717, 1.165) is 24.8 Å². The summed E-state index contributed by atoms with van der Waals surface area (Å²) in [4.78, 5) is 16.5. The molecule has 0 bridgehead atoms. The molecular formula is C18H21FN2O2. The van der Waals surface area contributed by atoms with Crippen LogP contribution in [0.5, 0.6) is 0 Å². The summed E-state index contributed by atoms with van der Waals surface area (Å²) in [5, 5.41) is 0. The summed E-state index contributed by atoms with van der Waals surface area (Å²) in [6, 6.07) is 9.26. The second-order valence-electron chi connectivity index (χ2n) is 5.80. The summed E-state index contributed by atoms with van der Waals surface area (Å²) in [5.74, 6) is -0.462. The van der Waals surface area contributed by atoms with Crippen molar-refractivity contribution < 1.29 is 13.9 Å². The molecule has 4 nitrogen and oxygen atoms in total. The predicted molar refractivity (Wildman–Crippen MR) is 86.0 cm³/mol. The number of nitrogens with zero attached hydrogens (tertiary/aromatic N) is 2. The highest BCUT2D eigenvalue weighted by Gasteiger charge is 2.31. The quantitative estimate of drug-likeness (QED) is 0.795. The summed E-state index contributed by atoms with van der Waals surface area (Å²) in [6.07, 6.45) is 3.91. The highest BCUT2D eigenvalue weighted by Crippen LogP contribution is 2.36. The number of ether oxygens (including phenoxy) is 1. The third kappa shape index (κ3) is 3.14. The monoisotopic (exact) mass is 316 g/mol. The zero-order valence-corrected chi connectivity index (χ0v) is 13.2. The molecule has 122 valence electrons. The van der Waals surface area contributed by atoms with Crippen LogP contribution in [0, 0.1) is 0 Å². The topological polar surface area (TPSA) is 44.1 Å². The number of alkyl halides is 1. The van der Waals surface area contributed by atoms with Gasteiger partial charge < -0.3 is 9.30 Å². The van der Waals surface area contributed by atoms with Crippen molar-refractivity contribution >= 4 is 5.97 Å². The standard InChI is InChI=1S/C18H21FN2O2/c1-2-23-18(22)16-17(13-8-4-3-5-9-13)21(12-20-16)15-11-7-6-10-14(15)19/h3-5,8-9,12,14-15H,2,6-7,10-11H2,1H3/t14-,15+/m1/s1. The van der Waals surface area contributed by atoms with Crippen LogP contribution in [0.1, 0.15) is 49.1 Å². The van der Waals surface area contributed by atoms with E-state index in [1.807, 2.05) is 34.9 Å². The van der Waals surface area contributed by atoms with Gasteiger partial charge in [0.25, 0.3) is 0 Å². The van der Waals surface area contributed by atoms with E-state index in [2.05, 4.69) is 4.98 Å². The van der Waals surface area contributed by atoms with E-state index in [9.17, 15) is 9.18 Å². The Morgan fingerprint density at radius 3 is 2.74 bits per heavy atom. The summed E-state index contributed by atoms with van der Waals surface area (Å²) in [6.45, 7) is 2.05. The van der Waals surface area contributed by atoms with Crippen LogP contribution in [0.3, 0.4) is 0 Å². The molecule has 1 aromatic heterocycles. The van der Waals surface area contributed by atoms with E-state index in [4.69, 9.17) is 4.74 Å². The maximum atomic E-state index is 14.4. The maximum absolute atomic E-state index is 14.4. The molecule has 2 aromatic rings. The van der Waals surface area contributed by atoms with Crippen molar-refractivity contribution in [2.24, 2.45) is 0 Å². The Morgan fingerprint density at radius 1 is 1.30 bits per heavy atom. The Morgan fingerprint density at radius 2 is 2.04 bits per heavy atom. The number of imidazole rings is 1. The van der Waals surface area contributed by atoms with Crippen LogP contribution in [0.15, 0.2) is 36.7 Å².